The summed E-state index contributed by atoms with van der Waals surface area (Å²) in [6.07, 6.45) is 5.15. The minimum Gasteiger partial charge on any atom is -0.493 e. The van der Waals surface area contributed by atoms with E-state index in [-0.39, 0.29) is 11.7 Å². The number of aromatic hydroxyl groups is 1. The van der Waals surface area contributed by atoms with Gasteiger partial charge in [0.1, 0.15) is 0 Å². The van der Waals surface area contributed by atoms with Crippen LogP contribution in [0.15, 0.2) is 96.0 Å². The number of ketones is 1. The van der Waals surface area contributed by atoms with Gasteiger partial charge in [-0.15, -0.1) is 0 Å². The first-order valence-corrected chi connectivity index (χ1v) is 10.7. The second-order valence-corrected chi connectivity index (χ2v) is 8.04. The number of carbonyl (C=O) groups excluding carboxylic acids is 1. The fourth-order valence-electron chi connectivity index (χ4n) is 3.54. The third kappa shape index (κ3) is 3.67. The van der Waals surface area contributed by atoms with E-state index in [1.54, 1.807) is 16.7 Å². The van der Waals surface area contributed by atoms with E-state index in [1.807, 2.05) is 91.0 Å². The molecule has 4 nitrogen and oxygen atoms in total. The highest BCUT2D eigenvalue weighted by atomic mass is 32.1. The number of nitrogens with zero attached hydrogens (tertiary/aromatic N) is 2. The van der Waals surface area contributed by atoms with Crippen molar-refractivity contribution in [2.75, 3.05) is 0 Å². The lowest BCUT2D eigenvalue weighted by molar-refractivity contribution is -0.109. The molecule has 1 aromatic heterocycles. The van der Waals surface area contributed by atoms with Gasteiger partial charge in [-0.1, -0.05) is 78.1 Å². The molecule has 3 aromatic carbocycles. The maximum atomic E-state index is 12.7. The molecule has 31 heavy (non-hydrogen) atoms. The summed E-state index contributed by atoms with van der Waals surface area (Å²) in [4.78, 5) is 18.6. The molecule has 0 aliphatic heterocycles. The number of para-hydroxylation sites is 2. The maximum absolute atomic E-state index is 12.7. The lowest BCUT2D eigenvalue weighted by Gasteiger charge is -2.12. The molecule has 0 unspecified atom stereocenters. The zero-order chi connectivity index (χ0) is 21.2. The van der Waals surface area contributed by atoms with Gasteiger partial charge in [0, 0.05) is 5.57 Å². The van der Waals surface area contributed by atoms with Gasteiger partial charge in [0.05, 0.1) is 16.3 Å². The van der Waals surface area contributed by atoms with Crippen molar-refractivity contribution in [3.05, 3.63) is 112 Å². The number of aromatic nitrogens is 1. The molecule has 0 amide bonds. The van der Waals surface area contributed by atoms with Crippen molar-refractivity contribution in [1.82, 2.24) is 4.57 Å². The Morgan fingerprint density at radius 1 is 0.839 bits per heavy atom. The largest absolute Gasteiger partial charge is 0.493 e. The normalized spacial score (nSPS) is 14.8. The van der Waals surface area contributed by atoms with Crippen LogP contribution in [-0.4, -0.2) is 15.5 Å². The number of fused-ring (bicyclic) bond motifs is 1. The summed E-state index contributed by atoms with van der Waals surface area (Å²) in [5, 5.41) is 11.1. The minimum absolute atomic E-state index is 0.0539. The van der Waals surface area contributed by atoms with Crippen LogP contribution in [0, 0.1) is 0 Å². The fourth-order valence-corrected chi connectivity index (χ4v) is 4.53. The van der Waals surface area contributed by atoms with E-state index in [9.17, 15) is 9.90 Å². The van der Waals surface area contributed by atoms with Crippen molar-refractivity contribution in [2.45, 2.75) is 0 Å². The summed E-state index contributed by atoms with van der Waals surface area (Å²) in [6, 6.07) is 26.9. The highest BCUT2D eigenvalue weighted by Crippen LogP contribution is 2.33. The van der Waals surface area contributed by atoms with Crippen LogP contribution in [0.5, 0.6) is 5.88 Å². The van der Waals surface area contributed by atoms with E-state index < -0.39 is 0 Å². The van der Waals surface area contributed by atoms with Gasteiger partial charge >= 0.3 is 0 Å². The summed E-state index contributed by atoms with van der Waals surface area (Å²) in [7, 11) is 0. The van der Waals surface area contributed by atoms with Crippen molar-refractivity contribution in [2.24, 2.45) is 4.99 Å². The van der Waals surface area contributed by atoms with Crippen molar-refractivity contribution in [3.63, 3.8) is 0 Å². The molecule has 0 saturated heterocycles. The second-order valence-electron chi connectivity index (χ2n) is 7.03. The number of carbonyl (C=O) groups is 1. The molecule has 4 aromatic rings. The summed E-state index contributed by atoms with van der Waals surface area (Å²) in [5.74, 6) is -0.0301. The quantitative estimate of drug-likeness (QED) is 0.436. The van der Waals surface area contributed by atoms with Crippen LogP contribution in [0.4, 0.5) is 5.69 Å². The molecule has 5 rings (SSSR count). The summed E-state index contributed by atoms with van der Waals surface area (Å²) >= 11 is 1.34. The van der Waals surface area contributed by atoms with Crippen molar-refractivity contribution in [1.29, 1.82) is 0 Å². The molecule has 0 spiro atoms. The zero-order valence-electron chi connectivity index (χ0n) is 16.5. The zero-order valence-corrected chi connectivity index (χ0v) is 17.3. The average molecular weight is 423 g/mol. The number of hydrogen-bond donors (Lipinski definition) is 1. The Morgan fingerprint density at radius 3 is 2.29 bits per heavy atom. The van der Waals surface area contributed by atoms with Crippen LogP contribution in [0.2, 0.25) is 0 Å². The van der Waals surface area contributed by atoms with Gasteiger partial charge in [-0.05, 0) is 47.5 Å². The molecule has 0 fully saturated rings. The van der Waals surface area contributed by atoms with Gasteiger partial charge in [0.2, 0.25) is 5.88 Å². The molecular weight excluding hydrogens is 404 g/mol. The van der Waals surface area contributed by atoms with Crippen LogP contribution < -0.4 is 4.80 Å². The number of allylic oxidation sites excluding steroid dienone is 2. The van der Waals surface area contributed by atoms with Crippen LogP contribution in [-0.2, 0) is 4.79 Å². The van der Waals surface area contributed by atoms with Gasteiger partial charge in [-0.25, -0.2) is 4.99 Å². The van der Waals surface area contributed by atoms with Gasteiger partial charge in [0.15, 0.2) is 10.6 Å². The molecule has 1 heterocycles. The van der Waals surface area contributed by atoms with Gasteiger partial charge in [0.25, 0.3) is 0 Å². The second kappa shape index (κ2) is 8.05. The summed E-state index contributed by atoms with van der Waals surface area (Å²) < 4.78 is 1.71. The molecule has 0 saturated carbocycles. The Kier molecular flexibility index (Phi) is 4.94. The van der Waals surface area contributed by atoms with Gasteiger partial charge in [-0.2, -0.15) is 0 Å². The predicted octanol–water partition coefficient (Wildman–Crippen LogP) is 5.61. The molecule has 1 aliphatic carbocycles. The van der Waals surface area contributed by atoms with Gasteiger partial charge < -0.3 is 5.11 Å². The topological polar surface area (TPSA) is 54.6 Å². The molecule has 1 aliphatic rings. The van der Waals surface area contributed by atoms with Crippen molar-refractivity contribution < 1.29 is 9.90 Å². The lowest BCUT2D eigenvalue weighted by atomic mass is 9.91. The van der Waals surface area contributed by atoms with E-state index in [2.05, 4.69) is 0 Å². The number of benzene rings is 3. The highest BCUT2D eigenvalue weighted by molar-refractivity contribution is 7.10. The third-order valence-corrected chi connectivity index (χ3v) is 6.00. The van der Waals surface area contributed by atoms with E-state index in [1.165, 1.54) is 11.3 Å². The maximum Gasteiger partial charge on any atom is 0.215 e. The standard InChI is InChI=1S/C26H18N2O2S/c29-23-16-15-18-9-7-8-14-21(18)22(23)17-24-25(30)28(20-12-5-2-6-13-20)26(31-24)27-19-10-3-1-4-11-19/h1-17,30H. The molecule has 0 bridgehead atoms. The Morgan fingerprint density at radius 2 is 1.52 bits per heavy atom. The average Bonchev–Trinajstić information content (AvgIpc) is 3.11. The van der Waals surface area contributed by atoms with E-state index >= 15 is 0 Å². The molecule has 0 radical (unpaired) electrons. The van der Waals surface area contributed by atoms with E-state index in [0.29, 0.717) is 15.3 Å². The molecule has 150 valence electrons. The van der Waals surface area contributed by atoms with Gasteiger partial charge in [-0.3, -0.25) is 9.36 Å². The van der Waals surface area contributed by atoms with E-state index in [0.717, 1.165) is 22.5 Å². The summed E-state index contributed by atoms with van der Waals surface area (Å²) in [6.45, 7) is 0. The van der Waals surface area contributed by atoms with Crippen molar-refractivity contribution >= 4 is 40.5 Å². The first kappa shape index (κ1) is 19.0. The summed E-state index contributed by atoms with van der Waals surface area (Å²) in [5.41, 5.74) is 3.98. The van der Waals surface area contributed by atoms with E-state index in [4.69, 9.17) is 4.99 Å². The Hall–Kier alpha value is -3.96. The Bertz CT molecular complexity index is 1390. The van der Waals surface area contributed by atoms with Crippen LogP contribution in [0.3, 0.4) is 0 Å². The predicted molar refractivity (Wildman–Crippen MR) is 125 cm³/mol. The molecule has 1 N–H and O–H groups in total. The Balaban J connectivity index is 1.73. The first-order chi connectivity index (χ1) is 15.2. The van der Waals surface area contributed by atoms with Crippen LogP contribution >= 0.6 is 11.3 Å². The minimum atomic E-state index is -0.0840. The van der Waals surface area contributed by atoms with Crippen LogP contribution in [0.25, 0.3) is 23.4 Å². The highest BCUT2D eigenvalue weighted by Gasteiger charge is 2.20. The monoisotopic (exact) mass is 422 g/mol. The number of thiazole rings is 1. The molecule has 0 atom stereocenters. The SMILES string of the molecule is O=C1C=Cc2ccccc2C1=Cc1sc(=Nc2ccccc2)n(-c2ccccc2)c1O. The number of rotatable bonds is 3. The fraction of sp³-hybridized carbons (Fsp3) is 0. The smallest absolute Gasteiger partial charge is 0.215 e. The molecular formula is C26H18N2O2S. The number of hydrogen-bond acceptors (Lipinski definition) is 4. The third-order valence-electron chi connectivity index (χ3n) is 5.03. The van der Waals surface area contributed by atoms with Crippen LogP contribution in [0.1, 0.15) is 16.0 Å². The lowest BCUT2D eigenvalue weighted by Crippen LogP contribution is -2.11. The molecule has 5 heteroatoms. The first-order valence-electron chi connectivity index (χ1n) is 9.84. The Labute approximate surface area is 183 Å². The van der Waals surface area contributed by atoms with Crippen molar-refractivity contribution in [3.8, 4) is 11.6 Å².